The molecule has 0 aromatic carbocycles. The van der Waals surface area contributed by atoms with E-state index in [1.807, 2.05) is 0 Å². The fourth-order valence-corrected chi connectivity index (χ4v) is 5.54. The van der Waals surface area contributed by atoms with Crippen LogP contribution in [0.2, 0.25) is 0 Å². The van der Waals surface area contributed by atoms with E-state index in [0.717, 1.165) is 0 Å². The Morgan fingerprint density at radius 1 is 0.533 bits per heavy atom. The molecule has 0 atom stereocenters. The Morgan fingerprint density at radius 2 is 0.700 bits per heavy atom. The van der Waals surface area contributed by atoms with E-state index in [1.54, 1.807) is 56.4 Å². The molecule has 0 heterocycles. The van der Waals surface area contributed by atoms with E-state index >= 15 is 0 Å². The third-order valence-corrected chi connectivity index (χ3v) is 9.35. The molecule has 0 saturated carbocycles. The van der Waals surface area contributed by atoms with Crippen molar-refractivity contribution in [3.63, 3.8) is 0 Å². The SMILES string of the molecule is CN(C)C(=O)NCP(Cl)(CNC(=O)N(C)C)(CNC(=O)N(C)C)CNC(=O)N(C)C. The minimum atomic E-state index is -3.69. The summed E-state index contributed by atoms with van der Waals surface area (Å²) in [6.45, 7) is 0. The summed E-state index contributed by atoms with van der Waals surface area (Å²) in [4.78, 5) is 54.0. The quantitative estimate of drug-likeness (QED) is 0.387. The molecule has 0 rings (SSSR count). The van der Waals surface area contributed by atoms with Crippen molar-refractivity contribution in [3.05, 3.63) is 0 Å². The van der Waals surface area contributed by atoms with Crippen LogP contribution in [0.1, 0.15) is 0 Å². The van der Waals surface area contributed by atoms with Gasteiger partial charge < -0.3 is 0 Å². The number of carbonyl (C=O) groups is 4. The number of nitrogens with one attached hydrogen (secondary N) is 4. The van der Waals surface area contributed by atoms with Crippen LogP contribution in [0, 0.1) is 0 Å². The van der Waals surface area contributed by atoms with Crippen LogP contribution < -0.4 is 21.3 Å². The molecule has 0 fully saturated rings. The first-order valence-corrected chi connectivity index (χ1v) is 13.0. The number of amides is 8. The molecule has 0 aliphatic carbocycles. The van der Waals surface area contributed by atoms with Gasteiger partial charge >= 0.3 is 183 Å². The minimum absolute atomic E-state index is 0.0285. The second kappa shape index (κ2) is 11.3. The van der Waals surface area contributed by atoms with Crippen molar-refractivity contribution in [2.75, 3.05) is 81.5 Å². The van der Waals surface area contributed by atoms with E-state index in [0.29, 0.717) is 0 Å². The molecule has 0 aromatic rings. The van der Waals surface area contributed by atoms with Gasteiger partial charge in [-0.05, 0) is 0 Å². The van der Waals surface area contributed by atoms with Crippen LogP contribution in [-0.2, 0) is 0 Å². The molecule has 0 radical (unpaired) electrons. The van der Waals surface area contributed by atoms with Gasteiger partial charge in [-0.3, -0.25) is 0 Å². The second-order valence-corrected chi connectivity index (χ2v) is 15.7. The Morgan fingerprint density at radius 3 is 0.833 bits per heavy atom. The summed E-state index contributed by atoms with van der Waals surface area (Å²) in [5.74, 6) is -3.69. The molecule has 176 valence electrons. The Hall–Kier alpha value is -2.20. The predicted molar refractivity (Wildman–Crippen MR) is 121 cm³/mol. The van der Waals surface area contributed by atoms with Crippen molar-refractivity contribution >= 4 is 41.3 Å². The van der Waals surface area contributed by atoms with Crippen molar-refractivity contribution in [1.29, 1.82) is 0 Å². The third-order valence-electron chi connectivity index (χ3n) is 4.13. The first-order chi connectivity index (χ1) is 13.6. The summed E-state index contributed by atoms with van der Waals surface area (Å²) in [5, 5.41) is 11.0. The van der Waals surface area contributed by atoms with E-state index in [1.165, 1.54) is 19.6 Å². The summed E-state index contributed by atoms with van der Waals surface area (Å²) in [7, 11) is 12.6. The molecular formula is C16H36ClN8O4P. The van der Waals surface area contributed by atoms with Crippen LogP contribution in [-0.4, -0.2) is 125 Å². The Kier molecular flexibility index (Phi) is 10.4. The van der Waals surface area contributed by atoms with Gasteiger partial charge in [0.15, 0.2) is 0 Å². The number of urea groups is 4. The van der Waals surface area contributed by atoms with Crippen LogP contribution >= 0.6 is 17.2 Å². The van der Waals surface area contributed by atoms with Gasteiger partial charge in [-0.1, -0.05) is 0 Å². The van der Waals surface area contributed by atoms with Crippen molar-refractivity contribution in [3.8, 4) is 0 Å². The van der Waals surface area contributed by atoms with E-state index in [4.69, 9.17) is 11.2 Å². The van der Waals surface area contributed by atoms with E-state index in [9.17, 15) is 19.2 Å². The van der Waals surface area contributed by atoms with Gasteiger partial charge in [-0.2, -0.15) is 0 Å². The topological polar surface area (TPSA) is 129 Å². The number of halogens is 1. The molecule has 0 aliphatic rings. The molecule has 0 aromatic heterocycles. The van der Waals surface area contributed by atoms with Crippen LogP contribution in [0.25, 0.3) is 0 Å². The van der Waals surface area contributed by atoms with Gasteiger partial charge in [0.25, 0.3) is 0 Å². The number of carbonyl (C=O) groups excluding carboxylic acids is 4. The number of nitrogens with zero attached hydrogens (tertiary/aromatic N) is 4. The van der Waals surface area contributed by atoms with Crippen LogP contribution in [0.5, 0.6) is 0 Å². The molecule has 0 bridgehead atoms. The average molecular weight is 471 g/mol. The standard InChI is InChI=1S/C16H36ClN8O4P/c1-22(2)13(26)18-9-30(17,10-19-14(27)23(3)4,11-20-15(28)24(5)6)12-21-16(29)25(7)8/h9-12H2,1-8H3,(H,18,26)(H,19,27)(H,20,28)(H,21,29). The van der Waals surface area contributed by atoms with Crippen molar-refractivity contribution in [1.82, 2.24) is 40.9 Å². The first-order valence-electron chi connectivity index (χ1n) is 9.14. The van der Waals surface area contributed by atoms with Crippen LogP contribution in [0.3, 0.4) is 0 Å². The first kappa shape index (κ1) is 27.8. The fraction of sp³-hybridized carbons (Fsp3) is 0.750. The molecule has 12 nitrogen and oxygen atoms in total. The van der Waals surface area contributed by atoms with Gasteiger partial charge in [-0.15, -0.1) is 0 Å². The summed E-state index contributed by atoms with van der Waals surface area (Å²) < 4.78 is 0. The Balaban J connectivity index is 5.91. The number of hydrogen-bond donors (Lipinski definition) is 4. The Bertz CT molecular complexity index is 537. The van der Waals surface area contributed by atoms with Crippen molar-refractivity contribution in [2.45, 2.75) is 0 Å². The Labute approximate surface area is 183 Å². The maximum atomic E-state index is 12.2. The van der Waals surface area contributed by atoms with Gasteiger partial charge in [0.2, 0.25) is 0 Å². The van der Waals surface area contributed by atoms with Crippen molar-refractivity contribution < 1.29 is 19.2 Å². The molecular weight excluding hydrogens is 435 g/mol. The molecule has 0 unspecified atom stereocenters. The van der Waals surface area contributed by atoms with Crippen molar-refractivity contribution in [2.24, 2.45) is 0 Å². The van der Waals surface area contributed by atoms with Gasteiger partial charge in [-0.25, -0.2) is 0 Å². The second-order valence-electron chi connectivity index (χ2n) is 7.96. The zero-order chi connectivity index (χ0) is 23.7. The van der Waals surface area contributed by atoms with Gasteiger partial charge in [0.1, 0.15) is 0 Å². The molecule has 0 spiro atoms. The normalized spacial score (nSPS) is 12.0. The van der Waals surface area contributed by atoms with E-state index in [2.05, 4.69) is 21.3 Å². The summed E-state index contributed by atoms with van der Waals surface area (Å²) in [6.07, 6.45) is -0.114. The summed E-state index contributed by atoms with van der Waals surface area (Å²) >= 11 is 7.19. The number of rotatable bonds is 8. The van der Waals surface area contributed by atoms with Gasteiger partial charge in [0.05, 0.1) is 0 Å². The monoisotopic (exact) mass is 470 g/mol. The van der Waals surface area contributed by atoms with Crippen LogP contribution in [0.4, 0.5) is 19.2 Å². The molecule has 4 N–H and O–H groups in total. The molecule has 8 amide bonds. The summed E-state index contributed by atoms with van der Waals surface area (Å²) in [5.41, 5.74) is 0. The molecule has 0 aliphatic heterocycles. The molecule has 0 saturated heterocycles. The molecule has 14 heteroatoms. The fourth-order valence-electron chi connectivity index (χ4n) is 2.03. The maximum absolute atomic E-state index is 12.2. The van der Waals surface area contributed by atoms with E-state index in [-0.39, 0.29) is 49.3 Å². The number of hydrogen-bond acceptors (Lipinski definition) is 4. The van der Waals surface area contributed by atoms with Gasteiger partial charge in [0, 0.05) is 0 Å². The third kappa shape index (κ3) is 9.08. The zero-order valence-corrected chi connectivity index (χ0v) is 20.7. The zero-order valence-electron chi connectivity index (χ0n) is 19.1. The predicted octanol–water partition coefficient (Wildman–Crippen LogP) is 0.608. The van der Waals surface area contributed by atoms with Crippen LogP contribution in [0.15, 0.2) is 0 Å². The van der Waals surface area contributed by atoms with E-state index < -0.39 is 5.96 Å². The molecule has 30 heavy (non-hydrogen) atoms. The summed E-state index contributed by atoms with van der Waals surface area (Å²) in [6, 6.07) is -1.55. The average Bonchev–Trinajstić information content (AvgIpc) is 2.66.